The summed E-state index contributed by atoms with van der Waals surface area (Å²) in [5, 5.41) is 9.18. The van der Waals surface area contributed by atoms with Crippen molar-refractivity contribution in [2.45, 2.75) is 13.3 Å². The maximum atomic E-state index is 12.9. The fraction of sp³-hybridized carbons (Fsp3) is 0.263. The van der Waals surface area contributed by atoms with Crippen molar-refractivity contribution in [2.75, 3.05) is 17.2 Å². The minimum Gasteiger partial charge on any atom is -0.480 e. The Morgan fingerprint density at radius 2 is 1.71 bits per heavy atom. The summed E-state index contributed by atoms with van der Waals surface area (Å²) >= 11 is 4.30. The van der Waals surface area contributed by atoms with Gasteiger partial charge < -0.3 is 10.0 Å². The van der Waals surface area contributed by atoms with Crippen LogP contribution in [0.5, 0.6) is 0 Å². The predicted octanol–water partition coefficient (Wildman–Crippen LogP) is 3.20. The number of nitrogens with zero attached hydrogens (tertiary/aromatic N) is 1. The summed E-state index contributed by atoms with van der Waals surface area (Å²) < 4.78 is 0. The van der Waals surface area contributed by atoms with Crippen molar-refractivity contribution in [3.8, 4) is 0 Å². The lowest BCUT2D eigenvalue weighted by Crippen LogP contribution is -2.41. The lowest BCUT2D eigenvalue weighted by molar-refractivity contribution is -0.137. The van der Waals surface area contributed by atoms with Gasteiger partial charge in [0.05, 0.1) is 5.92 Å². The number of rotatable bonds is 7. The van der Waals surface area contributed by atoms with E-state index in [1.807, 2.05) is 49.4 Å². The molecule has 24 heavy (non-hydrogen) atoms. The number of hydrogen-bond acceptors (Lipinski definition) is 3. The van der Waals surface area contributed by atoms with E-state index in [0.29, 0.717) is 17.9 Å². The Hall–Kier alpha value is -2.27. The summed E-state index contributed by atoms with van der Waals surface area (Å²) in [6.07, 6.45) is 0.533. The molecule has 0 bridgehead atoms. The molecule has 1 amide bonds. The topological polar surface area (TPSA) is 57.6 Å². The number of carbonyl (C=O) groups excluding carboxylic acids is 1. The highest BCUT2D eigenvalue weighted by molar-refractivity contribution is 7.80. The largest absolute Gasteiger partial charge is 0.480 e. The zero-order chi connectivity index (χ0) is 17.5. The van der Waals surface area contributed by atoms with Gasteiger partial charge in [0.1, 0.15) is 6.54 Å². The van der Waals surface area contributed by atoms with Crippen LogP contribution in [0.3, 0.4) is 0 Å². The number of carbonyl (C=O) groups is 2. The van der Waals surface area contributed by atoms with Crippen LogP contribution >= 0.6 is 12.6 Å². The molecule has 0 aliphatic rings. The zero-order valence-electron chi connectivity index (χ0n) is 13.6. The first-order valence-corrected chi connectivity index (χ1v) is 8.39. The Bertz CT molecular complexity index is 686. The van der Waals surface area contributed by atoms with Gasteiger partial charge in [-0.25, -0.2) is 0 Å². The fourth-order valence-corrected chi connectivity index (χ4v) is 2.79. The molecular formula is C19H21NO3S. The lowest BCUT2D eigenvalue weighted by atomic mass is 9.99. The van der Waals surface area contributed by atoms with Gasteiger partial charge in [-0.2, -0.15) is 12.6 Å². The zero-order valence-corrected chi connectivity index (χ0v) is 14.4. The third-order valence-electron chi connectivity index (χ3n) is 3.80. The number of thiol groups is 1. The fourth-order valence-electron chi connectivity index (χ4n) is 2.51. The molecule has 0 aromatic heterocycles. The second-order valence-electron chi connectivity index (χ2n) is 5.72. The van der Waals surface area contributed by atoms with Gasteiger partial charge in [0.15, 0.2) is 0 Å². The molecule has 0 saturated heterocycles. The van der Waals surface area contributed by atoms with E-state index in [2.05, 4.69) is 12.6 Å². The van der Waals surface area contributed by atoms with E-state index in [4.69, 9.17) is 0 Å². The number of hydrogen-bond donors (Lipinski definition) is 2. The van der Waals surface area contributed by atoms with Crippen LogP contribution in [0.1, 0.15) is 11.1 Å². The first kappa shape index (κ1) is 18.1. The van der Waals surface area contributed by atoms with Crippen LogP contribution in [-0.4, -0.2) is 29.3 Å². The smallest absolute Gasteiger partial charge is 0.323 e. The van der Waals surface area contributed by atoms with E-state index in [1.54, 1.807) is 12.1 Å². The minimum absolute atomic E-state index is 0.222. The van der Waals surface area contributed by atoms with E-state index in [1.165, 1.54) is 4.90 Å². The molecule has 0 fully saturated rings. The number of amides is 1. The standard InChI is InChI=1S/C19H21NO3S/c1-14-7-9-17(10-8-14)20(12-18(21)22)19(23)16(13-24)11-15-5-3-2-4-6-15/h2-10,16,24H,11-13H2,1H3,(H,21,22). The molecule has 0 aliphatic heterocycles. The van der Waals surface area contributed by atoms with Crippen molar-refractivity contribution in [3.05, 3.63) is 65.7 Å². The van der Waals surface area contributed by atoms with E-state index in [9.17, 15) is 14.7 Å². The summed E-state index contributed by atoms with van der Waals surface area (Å²) in [7, 11) is 0. The summed E-state index contributed by atoms with van der Waals surface area (Å²) in [5.74, 6) is -1.28. The Kier molecular flexibility index (Phi) is 6.44. The van der Waals surface area contributed by atoms with E-state index < -0.39 is 5.97 Å². The van der Waals surface area contributed by atoms with Crippen LogP contribution in [0.15, 0.2) is 54.6 Å². The van der Waals surface area contributed by atoms with Crippen molar-refractivity contribution < 1.29 is 14.7 Å². The Balaban J connectivity index is 2.24. The number of carboxylic acids is 1. The summed E-state index contributed by atoms with van der Waals surface area (Å²) in [5.41, 5.74) is 2.67. The number of aliphatic carboxylic acids is 1. The first-order valence-electron chi connectivity index (χ1n) is 7.76. The first-order chi connectivity index (χ1) is 11.5. The molecular weight excluding hydrogens is 322 g/mol. The number of carboxylic acid groups (broad SMARTS) is 1. The molecule has 0 radical (unpaired) electrons. The van der Waals surface area contributed by atoms with Gasteiger partial charge in [0, 0.05) is 11.4 Å². The predicted molar refractivity (Wildman–Crippen MR) is 98.7 cm³/mol. The summed E-state index contributed by atoms with van der Waals surface area (Å²) in [6.45, 7) is 1.58. The molecule has 0 aliphatic carbocycles. The minimum atomic E-state index is -1.04. The highest BCUT2D eigenvalue weighted by atomic mass is 32.1. The van der Waals surface area contributed by atoms with Gasteiger partial charge in [-0.15, -0.1) is 0 Å². The van der Waals surface area contributed by atoms with Gasteiger partial charge >= 0.3 is 5.97 Å². The van der Waals surface area contributed by atoms with Gasteiger partial charge in [0.25, 0.3) is 0 Å². The molecule has 0 saturated carbocycles. The van der Waals surface area contributed by atoms with Gasteiger partial charge in [-0.1, -0.05) is 48.0 Å². The van der Waals surface area contributed by atoms with E-state index >= 15 is 0 Å². The van der Waals surface area contributed by atoms with Crippen molar-refractivity contribution in [3.63, 3.8) is 0 Å². The molecule has 0 heterocycles. The van der Waals surface area contributed by atoms with Gasteiger partial charge in [-0.05, 0) is 31.0 Å². The van der Waals surface area contributed by atoms with Crippen molar-refractivity contribution in [1.29, 1.82) is 0 Å². The summed E-state index contributed by atoms with van der Waals surface area (Å²) in [4.78, 5) is 25.4. The average Bonchev–Trinajstić information content (AvgIpc) is 2.58. The van der Waals surface area contributed by atoms with Crippen LogP contribution in [-0.2, 0) is 16.0 Å². The van der Waals surface area contributed by atoms with Crippen LogP contribution in [0.4, 0.5) is 5.69 Å². The van der Waals surface area contributed by atoms with Gasteiger partial charge in [-0.3, -0.25) is 9.59 Å². The normalized spacial score (nSPS) is 11.8. The maximum absolute atomic E-state index is 12.9. The number of anilines is 1. The average molecular weight is 343 g/mol. The number of aryl methyl sites for hydroxylation is 1. The quantitative estimate of drug-likeness (QED) is 0.759. The van der Waals surface area contributed by atoms with Crippen molar-refractivity contribution in [2.24, 2.45) is 5.92 Å². The maximum Gasteiger partial charge on any atom is 0.323 e. The third kappa shape index (κ3) is 4.86. The Morgan fingerprint density at radius 3 is 2.25 bits per heavy atom. The molecule has 0 spiro atoms. The molecule has 2 aromatic carbocycles. The van der Waals surface area contributed by atoms with E-state index in [-0.39, 0.29) is 18.4 Å². The third-order valence-corrected chi connectivity index (χ3v) is 4.24. The van der Waals surface area contributed by atoms with Crippen molar-refractivity contribution >= 4 is 30.2 Å². The van der Waals surface area contributed by atoms with Gasteiger partial charge in [0.2, 0.25) is 5.91 Å². The van der Waals surface area contributed by atoms with Crippen LogP contribution in [0.25, 0.3) is 0 Å². The second kappa shape index (κ2) is 8.55. The highest BCUT2D eigenvalue weighted by Gasteiger charge is 2.26. The molecule has 2 aromatic rings. The highest BCUT2D eigenvalue weighted by Crippen LogP contribution is 2.20. The molecule has 2 rings (SSSR count). The number of benzene rings is 2. The monoisotopic (exact) mass is 343 g/mol. The van der Waals surface area contributed by atoms with Crippen LogP contribution in [0, 0.1) is 12.8 Å². The Labute approximate surface area is 147 Å². The van der Waals surface area contributed by atoms with Crippen LogP contribution < -0.4 is 4.90 Å². The van der Waals surface area contributed by atoms with Crippen molar-refractivity contribution in [1.82, 2.24) is 0 Å². The SMILES string of the molecule is Cc1ccc(N(CC(=O)O)C(=O)C(CS)Cc2ccccc2)cc1. The summed E-state index contributed by atoms with van der Waals surface area (Å²) in [6, 6.07) is 16.9. The molecule has 126 valence electrons. The van der Waals surface area contributed by atoms with Crippen LogP contribution in [0.2, 0.25) is 0 Å². The molecule has 1 atom stereocenters. The molecule has 4 nitrogen and oxygen atoms in total. The Morgan fingerprint density at radius 1 is 1.08 bits per heavy atom. The van der Waals surface area contributed by atoms with E-state index in [0.717, 1.165) is 11.1 Å². The molecule has 1 N–H and O–H groups in total. The molecule has 1 unspecified atom stereocenters. The lowest BCUT2D eigenvalue weighted by Gasteiger charge is -2.25. The molecule has 5 heteroatoms. The second-order valence-corrected chi connectivity index (χ2v) is 6.09.